The summed E-state index contributed by atoms with van der Waals surface area (Å²) in [4.78, 5) is 0. The number of hydrogen-bond acceptors (Lipinski definition) is 1. The second-order valence-corrected chi connectivity index (χ2v) is 8.82. The highest BCUT2D eigenvalue weighted by Crippen LogP contribution is 2.44. The number of fused-ring (bicyclic) bond motifs is 3. The molecule has 0 fully saturated rings. The minimum absolute atomic E-state index is 0.0394. The highest BCUT2D eigenvalue weighted by atomic mass is 16.5. The molecule has 3 heteroatoms. The van der Waals surface area contributed by atoms with Crippen LogP contribution in [0, 0.1) is 20.8 Å². The lowest BCUT2D eigenvalue weighted by Gasteiger charge is -2.16. The first kappa shape index (κ1) is 20.7. The molecule has 0 saturated carbocycles. The Labute approximate surface area is 190 Å². The van der Waals surface area contributed by atoms with E-state index in [-0.39, 0.29) is 6.10 Å². The minimum atomic E-state index is 0.0394. The molecule has 0 bridgehead atoms. The van der Waals surface area contributed by atoms with Gasteiger partial charge in [0.25, 0.3) is 0 Å². The smallest absolute Gasteiger partial charge is 0.117 e. The maximum Gasteiger partial charge on any atom is 0.117 e. The van der Waals surface area contributed by atoms with Crippen LogP contribution in [0.4, 0.5) is 0 Å². The van der Waals surface area contributed by atoms with E-state index in [1.54, 1.807) is 0 Å². The van der Waals surface area contributed by atoms with Crippen molar-refractivity contribution in [1.82, 2.24) is 4.57 Å². The van der Waals surface area contributed by atoms with Gasteiger partial charge in [-0.2, -0.15) is 0 Å². The van der Waals surface area contributed by atoms with Crippen LogP contribution in [-0.4, -0.2) is 17.7 Å². The lowest BCUT2D eigenvalue weighted by atomic mass is 10.0. The van der Waals surface area contributed by atoms with Gasteiger partial charge in [-0.25, -0.2) is 0 Å². The Balaban J connectivity index is 1.23. The summed E-state index contributed by atoms with van der Waals surface area (Å²) in [5, 5.41) is 2.34. The lowest BCUT2D eigenvalue weighted by molar-refractivity contribution is -0.672. The summed E-state index contributed by atoms with van der Waals surface area (Å²) in [5.41, 5.74) is 11.8. The number of rotatable bonds is 7. The molecule has 2 N–H and O–H groups in total. The molecular formula is C29H31N2O+. The average molecular weight is 424 g/mol. The van der Waals surface area contributed by atoms with Gasteiger partial charge in [-0.3, -0.25) is 0 Å². The Morgan fingerprint density at radius 2 is 1.44 bits per heavy atom. The quantitative estimate of drug-likeness (QED) is 0.404. The van der Waals surface area contributed by atoms with E-state index in [9.17, 15) is 0 Å². The monoisotopic (exact) mass is 423 g/mol. The molecular weight excluding hydrogens is 392 g/mol. The van der Waals surface area contributed by atoms with Gasteiger partial charge in [0.2, 0.25) is 0 Å². The Bertz CT molecular complexity index is 1190. The van der Waals surface area contributed by atoms with E-state index in [0.29, 0.717) is 0 Å². The van der Waals surface area contributed by atoms with Gasteiger partial charge < -0.3 is 14.6 Å². The van der Waals surface area contributed by atoms with Crippen LogP contribution in [0.1, 0.15) is 39.6 Å². The van der Waals surface area contributed by atoms with Gasteiger partial charge in [0.15, 0.2) is 0 Å². The van der Waals surface area contributed by atoms with Crippen molar-refractivity contribution in [3.05, 3.63) is 113 Å². The number of nitrogens with two attached hydrogens (primary N) is 1. The van der Waals surface area contributed by atoms with Gasteiger partial charge >= 0.3 is 0 Å². The number of aryl methyl sites for hydroxylation is 3. The summed E-state index contributed by atoms with van der Waals surface area (Å²) < 4.78 is 8.74. The van der Waals surface area contributed by atoms with Crippen molar-refractivity contribution in [3.8, 4) is 16.8 Å². The zero-order valence-electron chi connectivity index (χ0n) is 19.1. The van der Waals surface area contributed by atoms with E-state index in [0.717, 1.165) is 19.7 Å². The van der Waals surface area contributed by atoms with Crippen molar-refractivity contribution >= 4 is 0 Å². The lowest BCUT2D eigenvalue weighted by Crippen LogP contribution is -2.83. The number of benzene rings is 3. The molecule has 4 aromatic rings. The van der Waals surface area contributed by atoms with Gasteiger partial charge in [-0.15, -0.1) is 0 Å². The zero-order valence-corrected chi connectivity index (χ0v) is 19.1. The van der Waals surface area contributed by atoms with Gasteiger partial charge in [-0.1, -0.05) is 66.2 Å². The molecule has 1 aliphatic rings. The molecule has 0 amide bonds. The largest absolute Gasteiger partial charge is 0.363 e. The van der Waals surface area contributed by atoms with Crippen LogP contribution >= 0.6 is 0 Å². The summed E-state index contributed by atoms with van der Waals surface area (Å²) in [6.45, 7) is 9.15. The van der Waals surface area contributed by atoms with Crippen LogP contribution in [0.2, 0.25) is 0 Å². The van der Waals surface area contributed by atoms with Crippen molar-refractivity contribution in [2.24, 2.45) is 0 Å². The van der Waals surface area contributed by atoms with Crippen molar-refractivity contribution in [1.29, 1.82) is 0 Å². The summed E-state index contributed by atoms with van der Waals surface area (Å²) in [6.07, 6.45) is 2.22. The molecule has 1 aliphatic carbocycles. The predicted molar refractivity (Wildman–Crippen MR) is 130 cm³/mol. The van der Waals surface area contributed by atoms with E-state index in [2.05, 4.69) is 110 Å². The first-order valence-electron chi connectivity index (χ1n) is 11.5. The standard InChI is InChI=1S/C29H30N2O/c1-20-17-21(2)28(22(3)18-20)31-15-8-9-23(31)19-30-14-16-32-29-26-12-6-4-10-24(26)25-11-5-7-13-27(25)29/h4-13,15,17-18,29-30H,14,16,19H2,1-3H3/p+1. The minimum Gasteiger partial charge on any atom is -0.363 e. The summed E-state index contributed by atoms with van der Waals surface area (Å²) in [5.74, 6) is 0. The Morgan fingerprint density at radius 3 is 2.09 bits per heavy atom. The summed E-state index contributed by atoms with van der Waals surface area (Å²) in [7, 11) is 0. The number of hydrogen-bond donors (Lipinski definition) is 1. The van der Waals surface area contributed by atoms with Crippen LogP contribution in [0.25, 0.3) is 16.8 Å². The first-order chi connectivity index (χ1) is 15.6. The fraction of sp³-hybridized carbons (Fsp3) is 0.241. The van der Waals surface area contributed by atoms with Crippen LogP contribution < -0.4 is 5.32 Å². The third-order valence-corrected chi connectivity index (χ3v) is 6.45. The van der Waals surface area contributed by atoms with Crippen molar-refractivity contribution in [3.63, 3.8) is 0 Å². The van der Waals surface area contributed by atoms with E-state index in [1.807, 2.05) is 0 Å². The molecule has 1 heterocycles. The third kappa shape index (κ3) is 3.79. The summed E-state index contributed by atoms with van der Waals surface area (Å²) >= 11 is 0. The highest BCUT2D eigenvalue weighted by Gasteiger charge is 2.28. The number of nitrogens with zero attached hydrogens (tertiary/aromatic N) is 1. The number of aromatic nitrogens is 1. The van der Waals surface area contributed by atoms with Crippen LogP contribution in [0.15, 0.2) is 79.0 Å². The fourth-order valence-corrected chi connectivity index (χ4v) is 5.16. The fourth-order valence-electron chi connectivity index (χ4n) is 5.16. The van der Waals surface area contributed by atoms with Crippen molar-refractivity contribution in [2.75, 3.05) is 13.2 Å². The first-order valence-corrected chi connectivity index (χ1v) is 11.5. The molecule has 0 aliphatic heterocycles. The molecule has 3 nitrogen and oxygen atoms in total. The van der Waals surface area contributed by atoms with Crippen LogP contribution in [0.3, 0.4) is 0 Å². The molecule has 0 saturated heterocycles. The molecule has 3 aromatic carbocycles. The number of ether oxygens (including phenoxy) is 1. The van der Waals surface area contributed by atoms with Gasteiger partial charge in [-0.05, 0) is 66.3 Å². The van der Waals surface area contributed by atoms with E-state index >= 15 is 0 Å². The molecule has 32 heavy (non-hydrogen) atoms. The van der Waals surface area contributed by atoms with E-state index in [4.69, 9.17) is 4.74 Å². The van der Waals surface area contributed by atoms with Crippen LogP contribution in [0.5, 0.6) is 0 Å². The second kappa shape index (κ2) is 8.78. The number of quaternary nitrogens is 1. The molecule has 5 rings (SSSR count). The van der Waals surface area contributed by atoms with Gasteiger partial charge in [0.05, 0.1) is 24.5 Å². The van der Waals surface area contributed by atoms with Gasteiger partial charge in [0.1, 0.15) is 12.6 Å². The maximum absolute atomic E-state index is 6.40. The van der Waals surface area contributed by atoms with Crippen molar-refractivity contribution < 1.29 is 10.1 Å². The zero-order chi connectivity index (χ0) is 22.1. The third-order valence-electron chi connectivity index (χ3n) is 6.45. The molecule has 0 radical (unpaired) electrons. The molecule has 0 unspecified atom stereocenters. The second-order valence-electron chi connectivity index (χ2n) is 8.82. The van der Waals surface area contributed by atoms with Gasteiger partial charge in [0, 0.05) is 6.20 Å². The van der Waals surface area contributed by atoms with E-state index < -0.39 is 0 Å². The Hall–Kier alpha value is -3.14. The van der Waals surface area contributed by atoms with Crippen molar-refractivity contribution in [2.45, 2.75) is 33.4 Å². The highest BCUT2D eigenvalue weighted by molar-refractivity contribution is 5.78. The molecule has 0 spiro atoms. The Kier molecular flexibility index (Phi) is 5.69. The molecule has 1 aromatic heterocycles. The SMILES string of the molecule is Cc1cc(C)c(-n2cccc2C[NH2+]CCOC2c3ccccc3-c3ccccc32)c(C)c1. The average Bonchev–Trinajstić information content (AvgIpc) is 3.36. The topological polar surface area (TPSA) is 30.8 Å². The normalized spacial score (nSPS) is 12.7. The van der Waals surface area contributed by atoms with Crippen LogP contribution in [-0.2, 0) is 11.3 Å². The Morgan fingerprint density at radius 1 is 0.812 bits per heavy atom. The molecule has 162 valence electrons. The maximum atomic E-state index is 6.40. The van der Waals surface area contributed by atoms with E-state index in [1.165, 1.54) is 50.3 Å². The molecule has 0 atom stereocenters. The predicted octanol–water partition coefficient (Wildman–Crippen LogP) is 5.25. The summed E-state index contributed by atoms with van der Waals surface area (Å²) in [6, 6.07) is 26.1.